The number of halogens is 2. The van der Waals surface area contributed by atoms with Crippen molar-refractivity contribution in [3.05, 3.63) is 59.3 Å². The number of nitrogens with zero attached hydrogens (tertiary/aromatic N) is 3. The van der Waals surface area contributed by atoms with Gasteiger partial charge in [-0.2, -0.15) is 5.10 Å². The molecule has 1 aliphatic heterocycles. The van der Waals surface area contributed by atoms with Crippen molar-refractivity contribution in [2.24, 2.45) is 0 Å². The van der Waals surface area contributed by atoms with Crippen molar-refractivity contribution < 1.29 is 23.0 Å². The quantitative estimate of drug-likeness (QED) is 0.482. The van der Waals surface area contributed by atoms with Crippen LogP contribution in [0.1, 0.15) is 22.8 Å². The molecule has 3 heterocycles. The molecule has 168 valence electrons. The van der Waals surface area contributed by atoms with Crippen LogP contribution in [-0.2, 0) is 6.54 Å². The van der Waals surface area contributed by atoms with Crippen LogP contribution in [-0.4, -0.2) is 46.8 Å². The summed E-state index contributed by atoms with van der Waals surface area (Å²) in [7, 11) is 2.59. The molecule has 0 saturated heterocycles. The molecule has 2 aromatic heterocycles. The number of H-pyrrole nitrogens is 1. The van der Waals surface area contributed by atoms with E-state index in [1.165, 1.54) is 26.5 Å². The highest BCUT2D eigenvalue weighted by molar-refractivity contribution is 6.00. The Morgan fingerprint density at radius 3 is 2.48 bits per heavy atom. The maximum Gasteiger partial charge on any atom is 0.254 e. The Kier molecular flexibility index (Phi) is 4.96. The summed E-state index contributed by atoms with van der Waals surface area (Å²) in [5.74, 6) is -2.01. The molecular formula is C24H20F2N4O3. The van der Waals surface area contributed by atoms with Gasteiger partial charge in [0, 0.05) is 41.9 Å². The van der Waals surface area contributed by atoms with Gasteiger partial charge in [-0.1, -0.05) is 6.07 Å². The van der Waals surface area contributed by atoms with E-state index >= 15 is 0 Å². The van der Waals surface area contributed by atoms with Crippen molar-refractivity contribution in [3.8, 4) is 34.0 Å². The number of pyridine rings is 1. The van der Waals surface area contributed by atoms with E-state index in [9.17, 15) is 13.6 Å². The third kappa shape index (κ3) is 3.19. The Morgan fingerprint density at radius 1 is 1.09 bits per heavy atom. The third-order valence-electron chi connectivity index (χ3n) is 5.92. The number of aromatic amines is 1. The van der Waals surface area contributed by atoms with Gasteiger partial charge in [0.05, 0.1) is 31.0 Å². The van der Waals surface area contributed by atoms with Gasteiger partial charge in [0.1, 0.15) is 5.69 Å². The van der Waals surface area contributed by atoms with E-state index in [0.717, 1.165) is 17.2 Å². The van der Waals surface area contributed by atoms with Gasteiger partial charge >= 0.3 is 0 Å². The summed E-state index contributed by atoms with van der Waals surface area (Å²) in [6.45, 7) is 3.14. The molecule has 0 saturated carbocycles. The summed E-state index contributed by atoms with van der Waals surface area (Å²) in [6.07, 6.45) is 1.52. The number of benzene rings is 2. The highest BCUT2D eigenvalue weighted by Crippen LogP contribution is 2.38. The first-order valence-corrected chi connectivity index (χ1v) is 10.3. The van der Waals surface area contributed by atoms with Gasteiger partial charge in [0.15, 0.2) is 23.1 Å². The van der Waals surface area contributed by atoms with Crippen molar-refractivity contribution in [3.63, 3.8) is 0 Å². The minimum atomic E-state index is -0.869. The van der Waals surface area contributed by atoms with E-state index in [4.69, 9.17) is 9.47 Å². The van der Waals surface area contributed by atoms with E-state index in [1.807, 2.05) is 19.1 Å². The van der Waals surface area contributed by atoms with Crippen LogP contribution in [0.3, 0.4) is 0 Å². The fraction of sp³-hybridized carbons (Fsp3) is 0.208. The summed E-state index contributed by atoms with van der Waals surface area (Å²) < 4.78 is 39.8. The lowest BCUT2D eigenvalue weighted by Gasteiger charge is -2.12. The zero-order chi connectivity index (χ0) is 23.3. The van der Waals surface area contributed by atoms with Gasteiger partial charge in [0.2, 0.25) is 0 Å². The van der Waals surface area contributed by atoms with Crippen LogP contribution in [0, 0.1) is 11.6 Å². The van der Waals surface area contributed by atoms with E-state index in [-0.39, 0.29) is 28.7 Å². The highest BCUT2D eigenvalue weighted by atomic mass is 19.1. The number of carbonyl (C=O) groups is 1. The molecule has 1 amide bonds. The number of ether oxygens (including phenoxy) is 2. The third-order valence-corrected chi connectivity index (χ3v) is 5.92. The average molecular weight is 450 g/mol. The molecule has 33 heavy (non-hydrogen) atoms. The smallest absolute Gasteiger partial charge is 0.254 e. The summed E-state index contributed by atoms with van der Waals surface area (Å²) >= 11 is 0. The first kappa shape index (κ1) is 20.9. The Morgan fingerprint density at radius 2 is 1.82 bits per heavy atom. The van der Waals surface area contributed by atoms with Gasteiger partial charge in [-0.3, -0.25) is 14.9 Å². The Labute approximate surface area is 188 Å². The maximum absolute atomic E-state index is 14.9. The number of hydrogen-bond donors (Lipinski definition) is 1. The van der Waals surface area contributed by atoms with Gasteiger partial charge in [-0.15, -0.1) is 0 Å². The van der Waals surface area contributed by atoms with Crippen molar-refractivity contribution in [1.29, 1.82) is 0 Å². The van der Waals surface area contributed by atoms with Crippen molar-refractivity contribution >= 4 is 16.8 Å². The molecule has 0 radical (unpaired) electrons. The number of nitrogens with one attached hydrogen (secondary N) is 1. The predicted octanol–water partition coefficient (Wildman–Crippen LogP) is 4.56. The summed E-state index contributed by atoms with van der Waals surface area (Å²) in [6, 6.07) is 8.27. The van der Waals surface area contributed by atoms with Crippen LogP contribution >= 0.6 is 0 Å². The van der Waals surface area contributed by atoms with Gasteiger partial charge in [0.25, 0.3) is 5.91 Å². The molecule has 2 aromatic carbocycles. The molecule has 1 N–H and O–H groups in total. The van der Waals surface area contributed by atoms with Crippen LogP contribution in [0.15, 0.2) is 36.5 Å². The molecule has 0 fully saturated rings. The predicted molar refractivity (Wildman–Crippen MR) is 118 cm³/mol. The molecule has 7 nitrogen and oxygen atoms in total. The topological polar surface area (TPSA) is 80.3 Å². The number of hydrogen-bond acceptors (Lipinski definition) is 5. The van der Waals surface area contributed by atoms with Gasteiger partial charge in [-0.25, -0.2) is 8.78 Å². The van der Waals surface area contributed by atoms with Crippen LogP contribution in [0.2, 0.25) is 0 Å². The van der Waals surface area contributed by atoms with Crippen LogP contribution < -0.4 is 9.47 Å². The monoisotopic (exact) mass is 450 g/mol. The molecule has 0 unspecified atom stereocenters. The molecule has 5 rings (SSSR count). The van der Waals surface area contributed by atoms with E-state index in [0.29, 0.717) is 35.2 Å². The molecule has 0 atom stereocenters. The van der Waals surface area contributed by atoms with E-state index < -0.39 is 11.6 Å². The number of methoxy groups -OCH3 is 2. The molecule has 0 spiro atoms. The van der Waals surface area contributed by atoms with E-state index in [2.05, 4.69) is 15.2 Å². The lowest BCUT2D eigenvalue weighted by atomic mass is 10.0. The zero-order valence-corrected chi connectivity index (χ0v) is 18.2. The van der Waals surface area contributed by atoms with Crippen LogP contribution in [0.25, 0.3) is 33.4 Å². The van der Waals surface area contributed by atoms with Crippen LogP contribution in [0.4, 0.5) is 8.78 Å². The van der Waals surface area contributed by atoms with Crippen molar-refractivity contribution in [1.82, 2.24) is 20.1 Å². The molecule has 0 bridgehead atoms. The maximum atomic E-state index is 14.9. The Hall–Kier alpha value is -4.01. The largest absolute Gasteiger partial charge is 0.494 e. The summed E-state index contributed by atoms with van der Waals surface area (Å²) in [5, 5.41) is 8.00. The highest BCUT2D eigenvalue weighted by Gasteiger charge is 2.27. The SMILES string of the molecule is CCN1Cc2cc(-c3n[nH]c4cc(-c5c(F)c(OC)cc(OC)c5F)ncc34)ccc2C1=O. The molecule has 0 aliphatic carbocycles. The molecule has 9 heteroatoms. The number of fused-ring (bicyclic) bond motifs is 2. The zero-order valence-electron chi connectivity index (χ0n) is 18.2. The molecule has 4 aromatic rings. The van der Waals surface area contributed by atoms with E-state index in [1.54, 1.807) is 11.0 Å². The average Bonchev–Trinajstić information content (AvgIpc) is 3.39. The summed E-state index contributed by atoms with van der Waals surface area (Å²) in [4.78, 5) is 18.5. The first-order chi connectivity index (χ1) is 16.0. The second-order valence-corrected chi connectivity index (χ2v) is 7.66. The molecular weight excluding hydrogens is 430 g/mol. The fourth-order valence-electron chi connectivity index (χ4n) is 4.16. The normalized spacial score (nSPS) is 13.0. The molecule has 1 aliphatic rings. The van der Waals surface area contributed by atoms with Crippen molar-refractivity contribution in [2.45, 2.75) is 13.5 Å². The fourth-order valence-corrected chi connectivity index (χ4v) is 4.16. The number of aromatic nitrogens is 3. The standard InChI is InChI=1S/C24H20F2N4O3/c1-4-30-11-13-7-12(5-6-14(13)24(30)31)23-15-10-27-17(8-16(15)28-29-23)20-21(25)18(32-2)9-19(33-3)22(20)26/h5-10H,4,11H2,1-3H3,(H,28,29). The van der Waals surface area contributed by atoms with Crippen molar-refractivity contribution in [2.75, 3.05) is 20.8 Å². The second-order valence-electron chi connectivity index (χ2n) is 7.66. The Bertz CT molecular complexity index is 1390. The van der Waals surface area contributed by atoms with Crippen LogP contribution in [0.5, 0.6) is 11.5 Å². The lowest BCUT2D eigenvalue weighted by Crippen LogP contribution is -2.22. The number of carbonyl (C=O) groups excluding carboxylic acids is 1. The second kappa shape index (κ2) is 7.84. The first-order valence-electron chi connectivity index (χ1n) is 10.3. The van der Waals surface area contributed by atoms with Gasteiger partial charge < -0.3 is 14.4 Å². The number of rotatable bonds is 5. The minimum absolute atomic E-state index is 0.0232. The summed E-state index contributed by atoms with van der Waals surface area (Å²) in [5.41, 5.74) is 3.37. The number of amides is 1. The minimum Gasteiger partial charge on any atom is -0.494 e. The lowest BCUT2D eigenvalue weighted by molar-refractivity contribution is 0.0787. The Balaban J connectivity index is 1.59. The van der Waals surface area contributed by atoms with Gasteiger partial charge in [-0.05, 0) is 30.7 Å².